The molecule has 1 N–H and O–H groups in total. The lowest BCUT2D eigenvalue weighted by atomic mass is 10.2. The molecule has 6 nitrogen and oxygen atoms in total. The Morgan fingerprint density at radius 3 is 2.74 bits per heavy atom. The van der Waals surface area contributed by atoms with E-state index < -0.39 is 10.0 Å². The molecule has 2 aromatic rings. The summed E-state index contributed by atoms with van der Waals surface area (Å²) in [7, 11) is -3.46. The molecule has 1 saturated heterocycles. The molecule has 23 heavy (non-hydrogen) atoms. The predicted molar refractivity (Wildman–Crippen MR) is 91.1 cm³/mol. The van der Waals surface area contributed by atoms with Crippen molar-refractivity contribution in [1.29, 1.82) is 0 Å². The number of hydrogen-bond acceptors (Lipinski definition) is 5. The summed E-state index contributed by atoms with van der Waals surface area (Å²) >= 11 is 1.24. The van der Waals surface area contributed by atoms with Gasteiger partial charge in [-0.3, -0.25) is 10.1 Å². The van der Waals surface area contributed by atoms with Gasteiger partial charge in [0.15, 0.2) is 5.13 Å². The van der Waals surface area contributed by atoms with Crippen molar-refractivity contribution in [3.05, 3.63) is 30.9 Å². The summed E-state index contributed by atoms with van der Waals surface area (Å²) in [6.07, 6.45) is 4.05. The van der Waals surface area contributed by atoms with Gasteiger partial charge in [-0.2, -0.15) is 4.31 Å². The number of nitrogens with zero attached hydrogens (tertiary/aromatic N) is 2. The van der Waals surface area contributed by atoms with Gasteiger partial charge in [0.05, 0.1) is 15.1 Å². The Morgan fingerprint density at radius 2 is 2.04 bits per heavy atom. The summed E-state index contributed by atoms with van der Waals surface area (Å²) in [6, 6.07) is 4.87. The summed E-state index contributed by atoms with van der Waals surface area (Å²) in [5.41, 5.74) is 0.659. The molecule has 1 amide bonds. The molecule has 8 heteroatoms. The summed E-state index contributed by atoms with van der Waals surface area (Å²) < 4.78 is 27.6. The molecule has 1 aromatic carbocycles. The van der Waals surface area contributed by atoms with Gasteiger partial charge in [-0.1, -0.05) is 24.3 Å². The fourth-order valence-electron chi connectivity index (χ4n) is 2.53. The number of benzene rings is 1. The number of carbonyl (C=O) groups excluding carboxylic acids is 1. The van der Waals surface area contributed by atoms with Crippen molar-refractivity contribution in [2.24, 2.45) is 0 Å². The minimum atomic E-state index is -3.46. The van der Waals surface area contributed by atoms with E-state index >= 15 is 0 Å². The third-order valence-electron chi connectivity index (χ3n) is 3.73. The Labute approximate surface area is 138 Å². The van der Waals surface area contributed by atoms with Crippen molar-refractivity contribution in [3.8, 4) is 0 Å². The number of sulfonamides is 1. The predicted octanol–water partition coefficient (Wildman–Crippen LogP) is 2.60. The lowest BCUT2D eigenvalue weighted by Crippen LogP contribution is -2.35. The Morgan fingerprint density at radius 1 is 1.30 bits per heavy atom. The van der Waals surface area contributed by atoms with Crippen LogP contribution in [0.4, 0.5) is 5.13 Å². The molecule has 2 heterocycles. The third kappa shape index (κ3) is 3.29. The van der Waals surface area contributed by atoms with Crippen LogP contribution in [0.2, 0.25) is 0 Å². The van der Waals surface area contributed by atoms with Crippen LogP contribution in [-0.2, 0) is 14.8 Å². The minimum absolute atomic E-state index is 0.275. The highest BCUT2D eigenvalue weighted by atomic mass is 32.2. The SMILES string of the molecule is C=CC(=O)Nc1nc2ccc(S(=O)(=O)N3CCCCC3)cc2s1. The molecule has 1 fully saturated rings. The van der Waals surface area contributed by atoms with Crippen LogP contribution in [0, 0.1) is 0 Å². The molecule has 0 aliphatic carbocycles. The zero-order valence-electron chi connectivity index (χ0n) is 12.5. The van der Waals surface area contributed by atoms with E-state index in [0.717, 1.165) is 30.0 Å². The van der Waals surface area contributed by atoms with Crippen molar-refractivity contribution in [3.63, 3.8) is 0 Å². The zero-order valence-corrected chi connectivity index (χ0v) is 14.1. The lowest BCUT2D eigenvalue weighted by Gasteiger charge is -2.25. The maximum atomic E-state index is 12.7. The molecule has 0 saturated carbocycles. The first kappa shape index (κ1) is 16.1. The Kier molecular flexibility index (Phi) is 4.47. The van der Waals surface area contributed by atoms with Gasteiger partial charge in [0.2, 0.25) is 15.9 Å². The average molecular weight is 351 g/mol. The molecule has 0 atom stereocenters. The van der Waals surface area contributed by atoms with Crippen LogP contribution >= 0.6 is 11.3 Å². The van der Waals surface area contributed by atoms with Gasteiger partial charge in [-0.25, -0.2) is 13.4 Å². The minimum Gasteiger partial charge on any atom is -0.298 e. The molecule has 1 aliphatic heterocycles. The van der Waals surface area contributed by atoms with Gasteiger partial charge in [0.25, 0.3) is 0 Å². The number of thiazole rings is 1. The number of anilines is 1. The number of aromatic nitrogens is 1. The monoisotopic (exact) mass is 351 g/mol. The van der Waals surface area contributed by atoms with Crippen LogP contribution in [0.5, 0.6) is 0 Å². The van der Waals surface area contributed by atoms with Crippen LogP contribution in [0.3, 0.4) is 0 Å². The van der Waals surface area contributed by atoms with Crippen molar-refractivity contribution in [2.75, 3.05) is 18.4 Å². The van der Waals surface area contributed by atoms with E-state index in [1.54, 1.807) is 22.5 Å². The van der Waals surface area contributed by atoms with E-state index in [-0.39, 0.29) is 10.8 Å². The maximum Gasteiger partial charge on any atom is 0.249 e. The van der Waals surface area contributed by atoms with E-state index in [1.807, 2.05) is 0 Å². The fraction of sp³-hybridized carbons (Fsp3) is 0.333. The molecule has 1 aliphatic rings. The lowest BCUT2D eigenvalue weighted by molar-refractivity contribution is -0.111. The van der Waals surface area contributed by atoms with Crippen molar-refractivity contribution in [2.45, 2.75) is 24.2 Å². The molecular formula is C15H17N3O3S2. The largest absolute Gasteiger partial charge is 0.298 e. The Hall–Kier alpha value is -1.77. The summed E-state index contributed by atoms with van der Waals surface area (Å²) in [5, 5.41) is 3.02. The number of hydrogen-bond donors (Lipinski definition) is 1. The highest BCUT2D eigenvalue weighted by molar-refractivity contribution is 7.89. The van der Waals surface area contributed by atoms with Crippen molar-refractivity contribution < 1.29 is 13.2 Å². The molecule has 0 radical (unpaired) electrons. The number of nitrogens with one attached hydrogen (secondary N) is 1. The summed E-state index contributed by atoms with van der Waals surface area (Å²) in [5.74, 6) is -0.342. The quantitative estimate of drug-likeness (QED) is 0.859. The van der Waals surface area contributed by atoms with Crippen LogP contribution in [-0.4, -0.2) is 36.7 Å². The second kappa shape index (κ2) is 6.38. The normalized spacial score (nSPS) is 16.3. The van der Waals surface area contributed by atoms with E-state index in [1.165, 1.54) is 11.3 Å². The van der Waals surface area contributed by atoms with E-state index in [9.17, 15) is 13.2 Å². The van der Waals surface area contributed by atoms with E-state index in [0.29, 0.717) is 23.7 Å². The maximum absolute atomic E-state index is 12.7. The molecule has 0 spiro atoms. The first-order chi connectivity index (χ1) is 11.0. The second-order valence-corrected chi connectivity index (χ2v) is 8.28. The van der Waals surface area contributed by atoms with Crippen LogP contribution < -0.4 is 5.32 Å². The van der Waals surface area contributed by atoms with Crippen molar-refractivity contribution in [1.82, 2.24) is 9.29 Å². The molecule has 1 aromatic heterocycles. The number of carbonyl (C=O) groups is 1. The standard InChI is InChI=1S/C15H17N3O3S2/c1-2-14(19)17-15-16-12-7-6-11(10-13(12)22-15)23(20,21)18-8-4-3-5-9-18/h2,6-7,10H,1,3-5,8-9H2,(H,16,17,19). The highest BCUT2D eigenvalue weighted by Crippen LogP contribution is 2.30. The Balaban J connectivity index is 1.92. The van der Waals surface area contributed by atoms with Gasteiger partial charge in [0, 0.05) is 13.1 Å². The molecule has 0 bridgehead atoms. The van der Waals surface area contributed by atoms with Crippen LogP contribution in [0.15, 0.2) is 35.7 Å². The average Bonchev–Trinajstić information content (AvgIpc) is 2.96. The number of rotatable bonds is 4. The number of piperidine rings is 1. The molecule has 3 rings (SSSR count). The third-order valence-corrected chi connectivity index (χ3v) is 6.56. The Bertz CT molecular complexity index is 852. The van der Waals surface area contributed by atoms with E-state index in [2.05, 4.69) is 16.9 Å². The van der Waals surface area contributed by atoms with E-state index in [4.69, 9.17) is 0 Å². The zero-order chi connectivity index (χ0) is 16.4. The molecule has 0 unspecified atom stereocenters. The molecular weight excluding hydrogens is 334 g/mol. The van der Waals surface area contributed by atoms with Crippen LogP contribution in [0.25, 0.3) is 10.2 Å². The first-order valence-corrected chi connectivity index (χ1v) is 9.60. The highest BCUT2D eigenvalue weighted by Gasteiger charge is 2.26. The molecule has 122 valence electrons. The fourth-order valence-corrected chi connectivity index (χ4v) is 5.06. The van der Waals surface area contributed by atoms with Gasteiger partial charge < -0.3 is 0 Å². The summed E-state index contributed by atoms with van der Waals surface area (Å²) in [4.78, 5) is 15.9. The number of fused-ring (bicyclic) bond motifs is 1. The smallest absolute Gasteiger partial charge is 0.249 e. The van der Waals surface area contributed by atoms with Gasteiger partial charge in [-0.15, -0.1) is 0 Å². The topological polar surface area (TPSA) is 79.4 Å². The van der Waals surface area contributed by atoms with Gasteiger partial charge in [0.1, 0.15) is 0 Å². The number of amides is 1. The first-order valence-electron chi connectivity index (χ1n) is 7.35. The van der Waals surface area contributed by atoms with Gasteiger partial charge >= 0.3 is 0 Å². The van der Waals surface area contributed by atoms with Crippen molar-refractivity contribution >= 4 is 42.6 Å². The second-order valence-electron chi connectivity index (χ2n) is 5.31. The van der Waals surface area contributed by atoms with Crippen LogP contribution in [0.1, 0.15) is 19.3 Å². The van der Waals surface area contributed by atoms with Gasteiger partial charge in [-0.05, 0) is 37.1 Å². The summed E-state index contributed by atoms with van der Waals surface area (Å²) in [6.45, 7) is 4.54.